The third-order valence-corrected chi connectivity index (χ3v) is 3.20. The van der Waals surface area contributed by atoms with Crippen LogP contribution < -0.4 is 5.90 Å². The molecule has 2 nitrogen and oxygen atoms in total. The fourth-order valence-corrected chi connectivity index (χ4v) is 2.44. The lowest BCUT2D eigenvalue weighted by molar-refractivity contribution is -0.137. The Morgan fingerprint density at radius 1 is 1.25 bits per heavy atom. The Hall–Kier alpha value is -1.11. The molecule has 0 saturated heterocycles. The van der Waals surface area contributed by atoms with Gasteiger partial charge in [0.05, 0.1) is 5.56 Å². The van der Waals surface area contributed by atoms with Gasteiger partial charge in [-0.25, -0.2) is 5.90 Å². The molecule has 0 saturated carbocycles. The maximum atomic E-state index is 12.4. The van der Waals surface area contributed by atoms with Gasteiger partial charge in [-0.2, -0.15) is 13.2 Å². The zero-order valence-corrected chi connectivity index (χ0v) is 8.86. The summed E-state index contributed by atoms with van der Waals surface area (Å²) < 4.78 is 37.9. The third kappa shape index (κ3) is 2.18. The molecule has 0 aliphatic heterocycles. The molecule has 2 aromatic rings. The van der Waals surface area contributed by atoms with E-state index in [-0.39, 0.29) is 6.61 Å². The van der Waals surface area contributed by atoms with Gasteiger partial charge >= 0.3 is 6.18 Å². The summed E-state index contributed by atoms with van der Waals surface area (Å²) in [5.41, 5.74) is -0.637. The van der Waals surface area contributed by atoms with Crippen molar-refractivity contribution in [3.63, 3.8) is 0 Å². The Bertz CT molecular complexity index is 506. The van der Waals surface area contributed by atoms with Gasteiger partial charge in [0.25, 0.3) is 0 Å². The van der Waals surface area contributed by atoms with Crippen molar-refractivity contribution in [2.75, 3.05) is 0 Å². The first-order valence-electron chi connectivity index (χ1n) is 4.42. The summed E-state index contributed by atoms with van der Waals surface area (Å²) >= 11 is 1.25. The van der Waals surface area contributed by atoms with Gasteiger partial charge in [-0.15, -0.1) is 11.3 Å². The molecule has 0 atom stereocenters. The number of halogens is 3. The van der Waals surface area contributed by atoms with Gasteiger partial charge < -0.3 is 0 Å². The number of thiophene rings is 1. The molecule has 0 amide bonds. The van der Waals surface area contributed by atoms with E-state index in [0.29, 0.717) is 4.70 Å². The molecule has 1 heterocycles. The lowest BCUT2D eigenvalue weighted by Gasteiger charge is -2.05. The highest BCUT2D eigenvalue weighted by molar-refractivity contribution is 7.19. The van der Waals surface area contributed by atoms with Crippen LogP contribution in [0.2, 0.25) is 0 Å². The van der Waals surface area contributed by atoms with Crippen LogP contribution in [0.4, 0.5) is 13.2 Å². The summed E-state index contributed by atoms with van der Waals surface area (Å²) in [6.07, 6.45) is -4.30. The van der Waals surface area contributed by atoms with Crippen molar-refractivity contribution in [3.05, 3.63) is 34.7 Å². The first-order chi connectivity index (χ1) is 7.50. The monoisotopic (exact) mass is 247 g/mol. The number of nitrogens with two attached hydrogens (primary N) is 1. The molecule has 2 N–H and O–H groups in total. The van der Waals surface area contributed by atoms with Crippen molar-refractivity contribution in [1.82, 2.24) is 0 Å². The smallest absolute Gasteiger partial charge is 0.299 e. The maximum Gasteiger partial charge on any atom is 0.416 e. The van der Waals surface area contributed by atoms with E-state index in [4.69, 9.17) is 5.90 Å². The van der Waals surface area contributed by atoms with E-state index in [9.17, 15) is 13.2 Å². The Balaban J connectivity index is 2.46. The topological polar surface area (TPSA) is 35.2 Å². The van der Waals surface area contributed by atoms with Gasteiger partial charge in [-0.3, -0.25) is 4.84 Å². The fourth-order valence-electron chi connectivity index (χ4n) is 1.42. The van der Waals surface area contributed by atoms with Gasteiger partial charge in [-0.1, -0.05) is 6.07 Å². The number of benzene rings is 1. The zero-order valence-electron chi connectivity index (χ0n) is 8.04. The van der Waals surface area contributed by atoms with Crippen LogP contribution in [0, 0.1) is 0 Å². The molecule has 0 aliphatic carbocycles. The van der Waals surface area contributed by atoms with Crippen LogP contribution in [0.25, 0.3) is 10.1 Å². The van der Waals surface area contributed by atoms with E-state index in [2.05, 4.69) is 4.84 Å². The summed E-state index contributed by atoms with van der Waals surface area (Å²) in [6.45, 7) is 0.209. The lowest BCUT2D eigenvalue weighted by atomic mass is 10.1. The fraction of sp³-hybridized carbons (Fsp3) is 0.200. The minimum absolute atomic E-state index is 0.209. The van der Waals surface area contributed by atoms with Crippen LogP contribution in [0.15, 0.2) is 24.3 Å². The van der Waals surface area contributed by atoms with Gasteiger partial charge in [0.15, 0.2) is 0 Å². The first kappa shape index (κ1) is 11.4. The highest BCUT2D eigenvalue weighted by Gasteiger charge is 2.30. The van der Waals surface area contributed by atoms with Crippen LogP contribution in [0.3, 0.4) is 0 Å². The highest BCUT2D eigenvalue weighted by Crippen LogP contribution is 2.34. The Labute approximate surface area is 93.4 Å². The molecule has 2 rings (SSSR count). The summed E-state index contributed by atoms with van der Waals surface area (Å²) in [6, 6.07) is 5.43. The molecule has 86 valence electrons. The molecule has 0 unspecified atom stereocenters. The van der Waals surface area contributed by atoms with Crippen molar-refractivity contribution >= 4 is 21.4 Å². The number of fused-ring (bicyclic) bond motifs is 1. The van der Waals surface area contributed by atoms with Gasteiger partial charge in [0.2, 0.25) is 0 Å². The molecule has 0 bridgehead atoms. The normalized spacial score (nSPS) is 12.2. The van der Waals surface area contributed by atoms with Gasteiger partial charge in [-0.05, 0) is 23.6 Å². The molecular formula is C10H8F3NOS. The van der Waals surface area contributed by atoms with Crippen molar-refractivity contribution in [2.45, 2.75) is 12.8 Å². The van der Waals surface area contributed by atoms with Crippen molar-refractivity contribution in [1.29, 1.82) is 0 Å². The minimum atomic E-state index is -4.30. The second kappa shape index (κ2) is 4.04. The van der Waals surface area contributed by atoms with Crippen LogP contribution in [-0.4, -0.2) is 0 Å². The predicted molar refractivity (Wildman–Crippen MR) is 55.8 cm³/mol. The van der Waals surface area contributed by atoms with E-state index >= 15 is 0 Å². The van der Waals surface area contributed by atoms with Gasteiger partial charge in [0, 0.05) is 9.58 Å². The van der Waals surface area contributed by atoms with Crippen molar-refractivity contribution in [3.8, 4) is 0 Å². The molecule has 1 aromatic heterocycles. The van der Waals surface area contributed by atoms with E-state index < -0.39 is 11.7 Å². The SMILES string of the molecule is NOCc1cc2ccc(C(F)(F)F)cc2s1. The third-order valence-electron chi connectivity index (χ3n) is 2.12. The van der Waals surface area contributed by atoms with Crippen molar-refractivity contribution in [2.24, 2.45) is 5.90 Å². The van der Waals surface area contributed by atoms with E-state index in [0.717, 1.165) is 22.4 Å². The highest BCUT2D eigenvalue weighted by atomic mass is 32.1. The van der Waals surface area contributed by atoms with Crippen LogP contribution >= 0.6 is 11.3 Å². The molecule has 16 heavy (non-hydrogen) atoms. The predicted octanol–water partition coefficient (Wildman–Crippen LogP) is 3.31. The van der Waals surface area contributed by atoms with Crippen LogP contribution in [-0.2, 0) is 17.6 Å². The van der Waals surface area contributed by atoms with Crippen molar-refractivity contribution < 1.29 is 18.0 Å². The molecule has 0 spiro atoms. The Morgan fingerprint density at radius 3 is 2.62 bits per heavy atom. The molecule has 6 heteroatoms. The van der Waals surface area contributed by atoms with Crippen LogP contribution in [0.5, 0.6) is 0 Å². The summed E-state index contributed by atoms with van der Waals surface area (Å²) in [5.74, 6) is 4.91. The number of alkyl halides is 3. The summed E-state index contributed by atoms with van der Waals surface area (Å²) in [4.78, 5) is 5.25. The van der Waals surface area contributed by atoms with Gasteiger partial charge in [0.1, 0.15) is 6.61 Å². The van der Waals surface area contributed by atoms with Crippen LogP contribution in [0.1, 0.15) is 10.4 Å². The maximum absolute atomic E-state index is 12.4. The zero-order chi connectivity index (χ0) is 11.8. The van der Waals surface area contributed by atoms with E-state index in [1.165, 1.54) is 17.4 Å². The molecule has 1 aromatic carbocycles. The van der Waals surface area contributed by atoms with E-state index in [1.807, 2.05) is 0 Å². The first-order valence-corrected chi connectivity index (χ1v) is 5.24. The second-order valence-corrected chi connectivity index (χ2v) is 4.44. The molecular weight excluding hydrogens is 239 g/mol. The molecule has 0 fully saturated rings. The van der Waals surface area contributed by atoms with E-state index in [1.54, 1.807) is 6.07 Å². The minimum Gasteiger partial charge on any atom is -0.299 e. The quantitative estimate of drug-likeness (QED) is 0.826. The number of hydrogen-bond donors (Lipinski definition) is 1. The molecule has 0 radical (unpaired) electrons. The lowest BCUT2D eigenvalue weighted by Crippen LogP contribution is -2.03. The average Bonchev–Trinajstić information content (AvgIpc) is 2.57. The Morgan fingerprint density at radius 2 is 2.00 bits per heavy atom. The molecule has 0 aliphatic rings. The largest absolute Gasteiger partial charge is 0.416 e. The summed E-state index contributed by atoms with van der Waals surface area (Å²) in [5, 5.41) is 0.769. The number of hydrogen-bond acceptors (Lipinski definition) is 3. The Kier molecular flexibility index (Phi) is 2.88. The average molecular weight is 247 g/mol. The number of rotatable bonds is 2. The summed E-state index contributed by atoms with van der Waals surface area (Å²) in [7, 11) is 0. The standard InChI is InChI=1S/C10H8F3NOS/c11-10(12,13)7-2-1-6-3-8(5-15-14)16-9(6)4-7/h1-4H,5,14H2. The second-order valence-electron chi connectivity index (χ2n) is 3.27.